The summed E-state index contributed by atoms with van der Waals surface area (Å²) < 4.78 is 36.6. The van der Waals surface area contributed by atoms with Crippen molar-refractivity contribution < 1.29 is 18.0 Å². The molecule has 2 aromatic rings. The molecule has 84 valence electrons. The maximum absolute atomic E-state index is 12.2. The number of nitrogens with zero attached hydrogens (tertiary/aromatic N) is 3. The Morgan fingerprint density at radius 1 is 1.38 bits per heavy atom. The van der Waals surface area contributed by atoms with Crippen LogP contribution >= 0.6 is 11.3 Å². The fourth-order valence-corrected chi connectivity index (χ4v) is 1.67. The lowest BCUT2D eigenvalue weighted by Gasteiger charge is -1.98. The van der Waals surface area contributed by atoms with Crippen LogP contribution in [0.1, 0.15) is 20.5 Å². The summed E-state index contributed by atoms with van der Waals surface area (Å²) in [6, 6.07) is 0. The van der Waals surface area contributed by atoms with Gasteiger partial charge < -0.3 is 0 Å². The zero-order valence-electron chi connectivity index (χ0n) is 7.45. The fraction of sp³-hybridized carbons (Fsp3) is 0.143. The van der Waals surface area contributed by atoms with Gasteiger partial charge in [-0.25, -0.2) is 9.97 Å². The van der Waals surface area contributed by atoms with Gasteiger partial charge in [-0.15, -0.1) is 11.3 Å². The Hall–Kier alpha value is -1.77. The summed E-state index contributed by atoms with van der Waals surface area (Å²) in [5.41, 5.74) is 0. The standard InChI is InChI=1S/C7H3F3N4OS/c8-7(9,10)6-11-1-3(16-6)4(15)5-12-2-13-14-5/h1-2H,(H,12,13,14). The molecule has 0 spiro atoms. The summed E-state index contributed by atoms with van der Waals surface area (Å²) in [4.78, 5) is 18.1. The highest BCUT2D eigenvalue weighted by Gasteiger charge is 2.35. The first-order valence-electron chi connectivity index (χ1n) is 3.91. The molecule has 0 aliphatic carbocycles. The molecule has 0 aromatic carbocycles. The predicted molar refractivity (Wildman–Crippen MR) is 46.9 cm³/mol. The van der Waals surface area contributed by atoms with Crippen molar-refractivity contribution in [3.05, 3.63) is 28.2 Å². The van der Waals surface area contributed by atoms with Crippen molar-refractivity contribution in [2.24, 2.45) is 0 Å². The molecule has 0 radical (unpaired) electrons. The molecule has 9 heteroatoms. The first-order chi connectivity index (χ1) is 7.48. The van der Waals surface area contributed by atoms with E-state index in [9.17, 15) is 18.0 Å². The molecule has 5 nitrogen and oxygen atoms in total. The molecule has 0 aliphatic heterocycles. The zero-order valence-corrected chi connectivity index (χ0v) is 8.26. The molecule has 0 aliphatic rings. The summed E-state index contributed by atoms with van der Waals surface area (Å²) in [6.45, 7) is 0. The van der Waals surface area contributed by atoms with Gasteiger partial charge in [-0.3, -0.25) is 9.89 Å². The SMILES string of the molecule is O=C(c1ncn[nH]1)c1cnc(C(F)(F)F)s1. The van der Waals surface area contributed by atoms with Crippen molar-refractivity contribution in [1.82, 2.24) is 20.2 Å². The quantitative estimate of drug-likeness (QED) is 0.818. The number of alkyl halides is 3. The molecule has 2 rings (SSSR count). The molecule has 0 saturated carbocycles. The Bertz CT molecular complexity index is 504. The van der Waals surface area contributed by atoms with E-state index in [4.69, 9.17) is 0 Å². The van der Waals surface area contributed by atoms with Crippen molar-refractivity contribution in [2.45, 2.75) is 6.18 Å². The topological polar surface area (TPSA) is 71.5 Å². The second-order valence-electron chi connectivity index (χ2n) is 2.69. The number of carbonyl (C=O) groups excluding carboxylic acids is 1. The number of nitrogens with one attached hydrogen (secondary N) is 1. The first kappa shape index (κ1) is 10.7. The van der Waals surface area contributed by atoms with Crippen LogP contribution in [0.2, 0.25) is 0 Å². The van der Waals surface area contributed by atoms with Crippen molar-refractivity contribution in [3.8, 4) is 0 Å². The lowest BCUT2D eigenvalue weighted by atomic mass is 10.3. The van der Waals surface area contributed by atoms with E-state index in [2.05, 4.69) is 20.2 Å². The van der Waals surface area contributed by atoms with E-state index in [1.807, 2.05) is 0 Å². The number of halogens is 3. The zero-order chi connectivity index (χ0) is 11.8. The Morgan fingerprint density at radius 3 is 2.62 bits per heavy atom. The number of aromatic nitrogens is 4. The van der Waals surface area contributed by atoms with Crippen LogP contribution in [0.5, 0.6) is 0 Å². The molecule has 1 N–H and O–H groups in total. The molecular formula is C7H3F3N4OS. The van der Waals surface area contributed by atoms with E-state index >= 15 is 0 Å². The van der Waals surface area contributed by atoms with Gasteiger partial charge in [0.15, 0.2) is 10.8 Å². The Morgan fingerprint density at radius 2 is 2.12 bits per heavy atom. The van der Waals surface area contributed by atoms with Crippen LogP contribution in [0.3, 0.4) is 0 Å². The minimum atomic E-state index is -4.54. The number of hydrogen-bond donors (Lipinski definition) is 1. The first-order valence-corrected chi connectivity index (χ1v) is 4.73. The van der Waals surface area contributed by atoms with Crippen LogP contribution in [0, 0.1) is 0 Å². The molecule has 2 aromatic heterocycles. The van der Waals surface area contributed by atoms with Gasteiger partial charge in [-0.2, -0.15) is 18.3 Å². The van der Waals surface area contributed by atoms with E-state index in [0.717, 1.165) is 12.5 Å². The number of H-pyrrole nitrogens is 1. The summed E-state index contributed by atoms with van der Waals surface area (Å²) in [6.07, 6.45) is -2.57. The van der Waals surface area contributed by atoms with Gasteiger partial charge in [-0.05, 0) is 0 Å². The van der Waals surface area contributed by atoms with E-state index in [-0.39, 0.29) is 22.0 Å². The lowest BCUT2D eigenvalue weighted by Crippen LogP contribution is -2.03. The van der Waals surface area contributed by atoms with Crippen LogP contribution in [-0.2, 0) is 6.18 Å². The molecule has 0 amide bonds. The smallest absolute Gasteiger partial charge is 0.284 e. The van der Waals surface area contributed by atoms with Crippen LogP contribution in [0.15, 0.2) is 12.5 Å². The number of carbonyl (C=O) groups is 1. The van der Waals surface area contributed by atoms with Gasteiger partial charge in [0.1, 0.15) is 6.33 Å². The summed E-state index contributed by atoms with van der Waals surface area (Å²) in [5.74, 6) is -0.775. The highest BCUT2D eigenvalue weighted by molar-refractivity contribution is 7.13. The molecule has 0 bridgehead atoms. The lowest BCUT2D eigenvalue weighted by molar-refractivity contribution is -0.137. The number of aromatic amines is 1. The monoisotopic (exact) mass is 248 g/mol. The van der Waals surface area contributed by atoms with Crippen molar-refractivity contribution in [1.29, 1.82) is 0 Å². The summed E-state index contributed by atoms with van der Waals surface area (Å²) in [7, 11) is 0. The second kappa shape index (κ2) is 3.67. The van der Waals surface area contributed by atoms with Gasteiger partial charge in [-0.1, -0.05) is 0 Å². The minimum absolute atomic E-state index is 0.114. The third-order valence-corrected chi connectivity index (χ3v) is 2.64. The highest BCUT2D eigenvalue weighted by Crippen LogP contribution is 2.32. The van der Waals surface area contributed by atoms with Crippen LogP contribution in [0.4, 0.5) is 13.2 Å². The Balaban J connectivity index is 2.30. The van der Waals surface area contributed by atoms with E-state index in [1.54, 1.807) is 0 Å². The summed E-state index contributed by atoms with van der Waals surface area (Å²) in [5, 5.41) is 4.64. The van der Waals surface area contributed by atoms with Crippen molar-refractivity contribution >= 4 is 17.1 Å². The van der Waals surface area contributed by atoms with Gasteiger partial charge in [0, 0.05) is 6.20 Å². The van der Waals surface area contributed by atoms with Crippen molar-refractivity contribution in [2.75, 3.05) is 0 Å². The van der Waals surface area contributed by atoms with Gasteiger partial charge in [0.25, 0.3) is 0 Å². The molecule has 0 fully saturated rings. The van der Waals surface area contributed by atoms with Crippen molar-refractivity contribution in [3.63, 3.8) is 0 Å². The number of thiazole rings is 1. The maximum atomic E-state index is 12.2. The van der Waals surface area contributed by atoms with Gasteiger partial charge >= 0.3 is 6.18 Å². The number of rotatable bonds is 2. The van der Waals surface area contributed by atoms with E-state index < -0.39 is 17.0 Å². The highest BCUT2D eigenvalue weighted by atomic mass is 32.1. The molecule has 0 saturated heterocycles. The minimum Gasteiger partial charge on any atom is -0.284 e. The average Bonchev–Trinajstić information content (AvgIpc) is 2.87. The summed E-state index contributed by atoms with van der Waals surface area (Å²) >= 11 is 0.273. The maximum Gasteiger partial charge on any atom is 0.443 e. The fourth-order valence-electron chi connectivity index (χ4n) is 0.942. The third kappa shape index (κ3) is 1.94. The number of hydrogen-bond acceptors (Lipinski definition) is 5. The molecule has 0 unspecified atom stereocenters. The number of ketones is 1. The second-order valence-corrected chi connectivity index (χ2v) is 3.72. The van der Waals surface area contributed by atoms with Gasteiger partial charge in [0.2, 0.25) is 5.78 Å². The van der Waals surface area contributed by atoms with E-state index in [0.29, 0.717) is 0 Å². The Labute approximate surface area is 90.4 Å². The molecule has 0 atom stereocenters. The molecular weight excluding hydrogens is 245 g/mol. The third-order valence-electron chi connectivity index (χ3n) is 1.60. The molecule has 2 heterocycles. The van der Waals surface area contributed by atoms with Crippen LogP contribution in [-0.4, -0.2) is 25.9 Å². The van der Waals surface area contributed by atoms with Gasteiger partial charge in [0.05, 0.1) is 4.88 Å². The average molecular weight is 248 g/mol. The largest absolute Gasteiger partial charge is 0.443 e. The van der Waals surface area contributed by atoms with Crippen LogP contribution in [0.25, 0.3) is 0 Å². The predicted octanol–water partition coefficient (Wildman–Crippen LogP) is 1.51. The van der Waals surface area contributed by atoms with Crippen LogP contribution < -0.4 is 0 Å². The Kier molecular flexibility index (Phi) is 2.46. The normalized spacial score (nSPS) is 11.7. The molecule has 16 heavy (non-hydrogen) atoms. The van der Waals surface area contributed by atoms with E-state index in [1.165, 1.54) is 0 Å².